The van der Waals surface area contributed by atoms with E-state index in [1.165, 1.54) is 0 Å². The maximum absolute atomic E-state index is 12.2. The van der Waals surface area contributed by atoms with Crippen LogP contribution < -0.4 is 5.32 Å². The van der Waals surface area contributed by atoms with Crippen LogP contribution in [-0.2, 0) is 4.74 Å². The van der Waals surface area contributed by atoms with Crippen molar-refractivity contribution >= 4 is 0 Å². The van der Waals surface area contributed by atoms with E-state index in [0.29, 0.717) is 6.61 Å². The van der Waals surface area contributed by atoms with Crippen LogP contribution in [-0.4, -0.2) is 26.1 Å². The summed E-state index contributed by atoms with van der Waals surface area (Å²) in [7, 11) is 0. The van der Waals surface area contributed by atoms with E-state index in [1.54, 1.807) is 0 Å². The lowest BCUT2D eigenvalue weighted by atomic mass is 10.5. The van der Waals surface area contributed by atoms with Gasteiger partial charge in [-0.3, -0.25) is 5.32 Å². The van der Waals surface area contributed by atoms with E-state index >= 15 is 0 Å². The minimum absolute atomic E-state index is 0.208. The van der Waals surface area contributed by atoms with Crippen molar-refractivity contribution in [1.82, 2.24) is 5.32 Å². The molecule has 2 nitrogen and oxygen atoms in total. The molecular formula is C5H10FNO. The molecule has 1 rings (SSSR count). The molecule has 0 bridgehead atoms. The molecule has 1 N–H and O–H groups in total. The van der Waals surface area contributed by atoms with Crippen LogP contribution in [0.3, 0.4) is 0 Å². The predicted molar refractivity (Wildman–Crippen MR) is 28.3 cm³/mol. The molecule has 1 fully saturated rings. The van der Waals surface area contributed by atoms with Crippen LogP contribution in [0, 0.1) is 0 Å². The van der Waals surface area contributed by atoms with Gasteiger partial charge in [-0.15, -0.1) is 0 Å². The van der Waals surface area contributed by atoms with Crippen molar-refractivity contribution in [2.75, 3.05) is 19.8 Å². The molecule has 0 aromatic carbocycles. The monoisotopic (exact) mass is 119 g/mol. The van der Waals surface area contributed by atoms with E-state index in [-0.39, 0.29) is 6.61 Å². The van der Waals surface area contributed by atoms with Crippen LogP contribution in [0.15, 0.2) is 0 Å². The fourth-order valence-electron chi connectivity index (χ4n) is 0.679. The lowest BCUT2D eigenvalue weighted by Gasteiger charge is -2.01. The zero-order chi connectivity index (χ0) is 5.82. The zero-order valence-corrected chi connectivity index (χ0v) is 4.69. The summed E-state index contributed by atoms with van der Waals surface area (Å²) in [5.41, 5.74) is 0. The lowest BCUT2D eigenvalue weighted by molar-refractivity contribution is 0.0897. The maximum atomic E-state index is 12.2. The number of ether oxygens (including phenoxy) is 1. The van der Waals surface area contributed by atoms with E-state index in [2.05, 4.69) is 5.32 Å². The highest BCUT2D eigenvalue weighted by atomic mass is 19.1. The van der Waals surface area contributed by atoms with Crippen LogP contribution in [0.1, 0.15) is 6.42 Å². The molecule has 0 aromatic heterocycles. The third kappa shape index (κ3) is 1.76. The summed E-state index contributed by atoms with van der Waals surface area (Å²) in [6, 6.07) is 0. The molecule has 0 amide bonds. The van der Waals surface area contributed by atoms with Crippen LogP contribution in [0.25, 0.3) is 0 Å². The molecule has 1 heterocycles. The number of hydrogen-bond acceptors (Lipinski definition) is 2. The normalized spacial score (nSPS) is 31.9. The van der Waals surface area contributed by atoms with Gasteiger partial charge >= 0.3 is 0 Å². The molecule has 1 atom stereocenters. The average molecular weight is 119 g/mol. The Labute approximate surface area is 48.0 Å². The molecule has 0 spiro atoms. The summed E-state index contributed by atoms with van der Waals surface area (Å²) in [4.78, 5) is 0. The van der Waals surface area contributed by atoms with E-state index in [4.69, 9.17) is 4.74 Å². The summed E-state index contributed by atoms with van der Waals surface area (Å²) in [6.07, 6.45) is -0.0297. The molecule has 0 saturated carbocycles. The van der Waals surface area contributed by atoms with Gasteiger partial charge in [0.15, 0.2) is 6.30 Å². The van der Waals surface area contributed by atoms with Crippen LogP contribution in [0.5, 0.6) is 0 Å². The van der Waals surface area contributed by atoms with E-state index in [0.717, 1.165) is 13.0 Å². The molecule has 1 saturated heterocycles. The standard InChI is InChI=1S/C5H10FNO/c6-5-4-8-3-1-2-7-5/h5,7H,1-4H2. The van der Waals surface area contributed by atoms with Crippen molar-refractivity contribution < 1.29 is 9.13 Å². The van der Waals surface area contributed by atoms with Gasteiger partial charge in [0.1, 0.15) is 0 Å². The predicted octanol–water partition coefficient (Wildman–Crippen LogP) is 0.292. The highest BCUT2D eigenvalue weighted by Gasteiger charge is 2.07. The van der Waals surface area contributed by atoms with Gasteiger partial charge in [-0.25, -0.2) is 4.39 Å². The molecule has 8 heavy (non-hydrogen) atoms. The summed E-state index contributed by atoms with van der Waals surface area (Å²) in [5, 5.41) is 2.65. The average Bonchev–Trinajstić information content (AvgIpc) is 1.94. The molecule has 1 aliphatic heterocycles. The molecule has 3 heteroatoms. The largest absolute Gasteiger partial charge is 0.377 e. The third-order valence-electron chi connectivity index (χ3n) is 1.10. The van der Waals surface area contributed by atoms with Crippen LogP contribution in [0.2, 0.25) is 0 Å². The number of halogens is 1. The second kappa shape index (κ2) is 2.99. The lowest BCUT2D eigenvalue weighted by Crippen LogP contribution is -2.26. The van der Waals surface area contributed by atoms with Gasteiger partial charge < -0.3 is 4.74 Å². The van der Waals surface area contributed by atoms with Gasteiger partial charge in [-0.1, -0.05) is 0 Å². The SMILES string of the molecule is FC1COCCCN1. The van der Waals surface area contributed by atoms with Crippen molar-refractivity contribution in [3.8, 4) is 0 Å². The highest BCUT2D eigenvalue weighted by molar-refractivity contribution is 4.56. The van der Waals surface area contributed by atoms with Crippen LogP contribution in [0.4, 0.5) is 4.39 Å². The van der Waals surface area contributed by atoms with E-state index in [9.17, 15) is 4.39 Å². The molecule has 1 aliphatic rings. The third-order valence-corrected chi connectivity index (χ3v) is 1.10. The van der Waals surface area contributed by atoms with Gasteiger partial charge in [-0.2, -0.15) is 0 Å². The van der Waals surface area contributed by atoms with Crippen LogP contribution >= 0.6 is 0 Å². The Bertz CT molecular complexity index is 61.4. The second-order valence-electron chi connectivity index (χ2n) is 1.85. The van der Waals surface area contributed by atoms with Gasteiger partial charge in [0.25, 0.3) is 0 Å². The molecule has 1 unspecified atom stereocenters. The van der Waals surface area contributed by atoms with Crippen molar-refractivity contribution in [3.63, 3.8) is 0 Å². The first kappa shape index (κ1) is 5.98. The molecule has 0 radical (unpaired) electrons. The minimum atomic E-state index is -0.947. The number of alkyl halides is 1. The Morgan fingerprint density at radius 2 is 2.50 bits per heavy atom. The number of nitrogens with one attached hydrogen (secondary N) is 1. The Morgan fingerprint density at radius 3 is 3.38 bits per heavy atom. The molecule has 0 aliphatic carbocycles. The summed E-state index contributed by atoms with van der Waals surface area (Å²) >= 11 is 0. The number of rotatable bonds is 0. The highest BCUT2D eigenvalue weighted by Crippen LogP contribution is 1.93. The fraction of sp³-hybridized carbons (Fsp3) is 1.00. The smallest absolute Gasteiger partial charge is 0.174 e. The Hall–Kier alpha value is -0.150. The van der Waals surface area contributed by atoms with Crippen molar-refractivity contribution in [2.45, 2.75) is 12.7 Å². The molecule has 48 valence electrons. The Morgan fingerprint density at radius 1 is 1.62 bits per heavy atom. The Kier molecular flexibility index (Phi) is 2.24. The van der Waals surface area contributed by atoms with Gasteiger partial charge in [0, 0.05) is 13.2 Å². The van der Waals surface area contributed by atoms with Gasteiger partial charge in [0.05, 0.1) is 6.61 Å². The molecule has 0 aromatic rings. The summed E-state index contributed by atoms with van der Waals surface area (Å²) in [5.74, 6) is 0. The second-order valence-corrected chi connectivity index (χ2v) is 1.85. The number of hydrogen-bond donors (Lipinski definition) is 1. The zero-order valence-electron chi connectivity index (χ0n) is 4.69. The van der Waals surface area contributed by atoms with Crippen molar-refractivity contribution in [1.29, 1.82) is 0 Å². The fourth-order valence-corrected chi connectivity index (χ4v) is 0.679. The minimum Gasteiger partial charge on any atom is -0.377 e. The summed E-state index contributed by atoms with van der Waals surface area (Å²) in [6.45, 7) is 1.63. The quantitative estimate of drug-likeness (QED) is 0.463. The van der Waals surface area contributed by atoms with E-state index < -0.39 is 6.30 Å². The maximum Gasteiger partial charge on any atom is 0.174 e. The first-order chi connectivity index (χ1) is 3.89. The topological polar surface area (TPSA) is 21.3 Å². The van der Waals surface area contributed by atoms with Gasteiger partial charge in [0.2, 0.25) is 0 Å². The van der Waals surface area contributed by atoms with E-state index in [1.807, 2.05) is 0 Å². The van der Waals surface area contributed by atoms with Crippen molar-refractivity contribution in [3.05, 3.63) is 0 Å². The summed E-state index contributed by atoms with van der Waals surface area (Å²) < 4.78 is 17.1. The Balaban J connectivity index is 2.17. The molecular weight excluding hydrogens is 109 g/mol. The van der Waals surface area contributed by atoms with Gasteiger partial charge in [-0.05, 0) is 6.42 Å². The first-order valence-electron chi connectivity index (χ1n) is 2.85. The first-order valence-corrected chi connectivity index (χ1v) is 2.85. The van der Waals surface area contributed by atoms with Crippen molar-refractivity contribution in [2.24, 2.45) is 0 Å².